The van der Waals surface area contributed by atoms with Gasteiger partial charge in [0.1, 0.15) is 11.6 Å². The van der Waals surface area contributed by atoms with E-state index in [0.717, 1.165) is 22.0 Å². The van der Waals surface area contributed by atoms with E-state index in [1.165, 1.54) is 6.07 Å². The number of pyridine rings is 2. The van der Waals surface area contributed by atoms with Crippen molar-refractivity contribution < 1.29 is 4.39 Å². The number of hydrogen-bond acceptors (Lipinski definition) is 3. The molecule has 3 aromatic heterocycles. The number of hydrogen-bond donors (Lipinski definition) is 2. The van der Waals surface area contributed by atoms with Gasteiger partial charge in [-0.1, -0.05) is 35.9 Å². The number of fused-ring (bicyclic) bond motifs is 6. The van der Waals surface area contributed by atoms with Crippen LogP contribution < -0.4 is 5.56 Å². The molecule has 0 aliphatic rings. The van der Waals surface area contributed by atoms with Gasteiger partial charge < -0.3 is 9.97 Å². The van der Waals surface area contributed by atoms with E-state index in [-0.39, 0.29) is 16.1 Å². The van der Waals surface area contributed by atoms with Gasteiger partial charge in [-0.25, -0.2) is 9.37 Å². The van der Waals surface area contributed by atoms with Crippen molar-refractivity contribution in [1.82, 2.24) is 19.9 Å². The molecular formula is C25H14ClFN4O. The minimum atomic E-state index is -0.472. The molecule has 6 rings (SSSR count). The van der Waals surface area contributed by atoms with Gasteiger partial charge in [-0.3, -0.25) is 9.78 Å². The second kappa shape index (κ2) is 7.00. The summed E-state index contributed by atoms with van der Waals surface area (Å²) in [4.78, 5) is 28.0. The molecule has 0 radical (unpaired) electrons. The highest BCUT2D eigenvalue weighted by molar-refractivity contribution is 6.33. The smallest absolute Gasteiger partial charge is 0.256 e. The Morgan fingerprint density at radius 3 is 2.66 bits per heavy atom. The lowest BCUT2D eigenvalue weighted by molar-refractivity contribution is 0.630. The summed E-state index contributed by atoms with van der Waals surface area (Å²) in [6.45, 7) is 0. The fraction of sp³-hybridized carbons (Fsp3) is 0. The maximum atomic E-state index is 14.6. The molecular weight excluding hydrogens is 427 g/mol. The monoisotopic (exact) mass is 440 g/mol. The lowest BCUT2D eigenvalue weighted by Gasteiger charge is -2.08. The third-order valence-electron chi connectivity index (χ3n) is 5.64. The van der Waals surface area contributed by atoms with Crippen molar-refractivity contribution in [3.05, 3.63) is 94.3 Å². The summed E-state index contributed by atoms with van der Waals surface area (Å²) in [6.07, 6.45) is 3.32. The zero-order valence-electron chi connectivity index (χ0n) is 16.5. The van der Waals surface area contributed by atoms with Crippen LogP contribution in [0.5, 0.6) is 0 Å². The minimum Gasteiger partial charge on any atom is -0.337 e. The first-order valence-corrected chi connectivity index (χ1v) is 10.3. The van der Waals surface area contributed by atoms with Crippen LogP contribution in [0.2, 0.25) is 5.02 Å². The van der Waals surface area contributed by atoms with Gasteiger partial charge in [0, 0.05) is 28.7 Å². The molecule has 7 heteroatoms. The SMILES string of the molecule is O=c1[nH]ccc2c3nc(-c4c(F)cccc4Cl)[nH]c3c3ccc(-c4ccccn4)cc3c12. The minimum absolute atomic E-state index is 0.196. The van der Waals surface area contributed by atoms with Gasteiger partial charge >= 0.3 is 0 Å². The van der Waals surface area contributed by atoms with Crippen LogP contribution >= 0.6 is 11.6 Å². The van der Waals surface area contributed by atoms with E-state index in [4.69, 9.17) is 11.6 Å². The Balaban J connectivity index is 1.75. The van der Waals surface area contributed by atoms with Crippen molar-refractivity contribution in [1.29, 1.82) is 0 Å². The number of benzene rings is 3. The van der Waals surface area contributed by atoms with E-state index in [2.05, 4.69) is 19.9 Å². The number of aromatic amines is 2. The van der Waals surface area contributed by atoms with Crippen molar-refractivity contribution in [2.75, 3.05) is 0 Å². The molecule has 0 aliphatic carbocycles. The number of H-pyrrole nitrogens is 2. The zero-order chi connectivity index (χ0) is 21.8. The predicted octanol–water partition coefficient (Wildman–Crippen LogP) is 6.08. The summed E-state index contributed by atoms with van der Waals surface area (Å²) in [7, 11) is 0. The second-order valence-corrected chi connectivity index (χ2v) is 7.88. The van der Waals surface area contributed by atoms with E-state index < -0.39 is 5.82 Å². The lowest BCUT2D eigenvalue weighted by Crippen LogP contribution is -2.05. The molecule has 0 amide bonds. The van der Waals surface area contributed by atoms with Crippen LogP contribution in [0.3, 0.4) is 0 Å². The molecule has 0 atom stereocenters. The number of imidazole rings is 1. The number of aromatic nitrogens is 4. The van der Waals surface area contributed by atoms with E-state index in [9.17, 15) is 9.18 Å². The highest BCUT2D eigenvalue weighted by atomic mass is 35.5. The molecule has 3 aromatic carbocycles. The molecule has 0 spiro atoms. The van der Waals surface area contributed by atoms with Gasteiger partial charge in [0.25, 0.3) is 5.56 Å². The highest BCUT2D eigenvalue weighted by Gasteiger charge is 2.19. The van der Waals surface area contributed by atoms with E-state index in [1.54, 1.807) is 30.6 Å². The van der Waals surface area contributed by atoms with E-state index >= 15 is 0 Å². The predicted molar refractivity (Wildman–Crippen MR) is 125 cm³/mol. The van der Waals surface area contributed by atoms with Gasteiger partial charge in [-0.05, 0) is 41.8 Å². The summed E-state index contributed by atoms with van der Waals surface area (Å²) >= 11 is 6.28. The van der Waals surface area contributed by atoms with Crippen LogP contribution in [0.1, 0.15) is 0 Å². The van der Waals surface area contributed by atoms with E-state index in [0.29, 0.717) is 27.6 Å². The molecule has 0 fully saturated rings. The average molecular weight is 441 g/mol. The molecule has 0 saturated heterocycles. The molecule has 32 heavy (non-hydrogen) atoms. The van der Waals surface area contributed by atoms with Crippen LogP contribution in [0, 0.1) is 5.82 Å². The first kappa shape index (κ1) is 18.7. The molecule has 3 heterocycles. The van der Waals surface area contributed by atoms with Crippen LogP contribution in [-0.4, -0.2) is 19.9 Å². The summed E-state index contributed by atoms with van der Waals surface area (Å²) in [6, 6.07) is 17.8. The summed E-state index contributed by atoms with van der Waals surface area (Å²) in [5.41, 5.74) is 2.96. The quantitative estimate of drug-likeness (QED) is 0.320. The Morgan fingerprint density at radius 2 is 1.84 bits per heavy atom. The lowest BCUT2D eigenvalue weighted by atomic mass is 9.98. The Bertz CT molecular complexity index is 1700. The summed E-state index contributed by atoms with van der Waals surface area (Å²) in [5.74, 6) is -0.161. The van der Waals surface area contributed by atoms with Gasteiger partial charge in [0.2, 0.25) is 0 Å². The Hall–Kier alpha value is -4.03. The third kappa shape index (κ3) is 2.73. The largest absolute Gasteiger partial charge is 0.337 e. The molecule has 0 unspecified atom stereocenters. The molecule has 0 aliphatic heterocycles. The van der Waals surface area contributed by atoms with Gasteiger partial charge in [0.05, 0.1) is 32.7 Å². The van der Waals surface area contributed by atoms with Crippen LogP contribution in [0.15, 0.2) is 77.9 Å². The Labute approximate surface area is 185 Å². The standard InChI is InChI=1S/C25H14ClFN4O/c26-17-4-3-5-18(27)21(17)24-30-22-14-8-7-13(19-6-1-2-10-28-19)12-16(14)20-15(23(22)31-24)9-11-29-25(20)32/h1-12H,(H,29,32)(H,30,31). The normalized spacial score (nSPS) is 11.6. The molecule has 6 aromatic rings. The van der Waals surface area contributed by atoms with Gasteiger partial charge in [-0.2, -0.15) is 0 Å². The van der Waals surface area contributed by atoms with Crippen LogP contribution in [0.4, 0.5) is 4.39 Å². The maximum absolute atomic E-state index is 14.6. The Kier molecular flexibility index (Phi) is 4.10. The molecule has 154 valence electrons. The average Bonchev–Trinajstić information content (AvgIpc) is 3.24. The first-order valence-electron chi connectivity index (χ1n) is 9.94. The fourth-order valence-corrected chi connectivity index (χ4v) is 4.46. The number of rotatable bonds is 2. The van der Waals surface area contributed by atoms with Gasteiger partial charge in [0.15, 0.2) is 0 Å². The highest BCUT2D eigenvalue weighted by Crippen LogP contribution is 2.37. The van der Waals surface area contributed by atoms with Crippen molar-refractivity contribution in [3.63, 3.8) is 0 Å². The third-order valence-corrected chi connectivity index (χ3v) is 5.95. The zero-order valence-corrected chi connectivity index (χ0v) is 17.2. The molecule has 0 saturated carbocycles. The van der Waals surface area contributed by atoms with Crippen LogP contribution in [-0.2, 0) is 0 Å². The van der Waals surface area contributed by atoms with Crippen molar-refractivity contribution >= 4 is 44.2 Å². The number of halogens is 2. The molecule has 2 N–H and O–H groups in total. The second-order valence-electron chi connectivity index (χ2n) is 7.48. The first-order chi connectivity index (χ1) is 15.6. The van der Waals surface area contributed by atoms with Crippen molar-refractivity contribution in [2.45, 2.75) is 0 Å². The van der Waals surface area contributed by atoms with E-state index in [1.807, 2.05) is 36.4 Å². The number of nitrogens with zero attached hydrogens (tertiary/aromatic N) is 2. The molecule has 5 nitrogen and oxygen atoms in total. The van der Waals surface area contributed by atoms with Crippen molar-refractivity contribution in [3.8, 4) is 22.6 Å². The van der Waals surface area contributed by atoms with Crippen LogP contribution in [0.25, 0.3) is 55.2 Å². The Morgan fingerprint density at radius 1 is 0.938 bits per heavy atom. The summed E-state index contributed by atoms with van der Waals surface area (Å²) < 4.78 is 14.6. The fourth-order valence-electron chi connectivity index (χ4n) is 4.21. The van der Waals surface area contributed by atoms with Crippen molar-refractivity contribution in [2.24, 2.45) is 0 Å². The number of nitrogens with one attached hydrogen (secondary N) is 2. The maximum Gasteiger partial charge on any atom is 0.256 e. The van der Waals surface area contributed by atoms with Gasteiger partial charge in [-0.15, -0.1) is 0 Å². The summed E-state index contributed by atoms with van der Waals surface area (Å²) in [5, 5.41) is 3.00. The molecule has 0 bridgehead atoms. The topological polar surface area (TPSA) is 74.4 Å².